The average molecular weight is 232 g/mol. The van der Waals surface area contributed by atoms with E-state index in [-0.39, 0.29) is 12.6 Å². The number of hydrogen-bond acceptors (Lipinski definition) is 5. The van der Waals surface area contributed by atoms with Gasteiger partial charge in [0.2, 0.25) is 0 Å². The number of thioether (sulfide) groups is 1. The molecule has 5 nitrogen and oxygen atoms in total. The standard InChI is InChI=1S/C9H16N2O3S/c1-9(2,3)14-8(13)11-7-10-6(4-12)5-15-7/h6,12H,4-5H2,1-3H3,(H,10,11,13). The van der Waals surface area contributed by atoms with E-state index in [0.29, 0.717) is 10.9 Å². The van der Waals surface area contributed by atoms with Crippen LogP contribution in [0.4, 0.5) is 4.79 Å². The number of amides is 1. The first-order chi connectivity index (χ1) is 6.90. The van der Waals surface area contributed by atoms with Gasteiger partial charge in [0.05, 0.1) is 12.6 Å². The van der Waals surface area contributed by atoms with Crippen LogP contribution in [0.15, 0.2) is 4.99 Å². The Morgan fingerprint density at radius 2 is 2.40 bits per heavy atom. The molecule has 86 valence electrons. The van der Waals surface area contributed by atoms with E-state index in [1.165, 1.54) is 11.8 Å². The summed E-state index contributed by atoms with van der Waals surface area (Å²) in [4.78, 5) is 15.4. The molecule has 1 atom stereocenters. The second kappa shape index (κ2) is 4.85. The molecule has 0 radical (unpaired) electrons. The van der Waals surface area contributed by atoms with Gasteiger partial charge in [-0.15, -0.1) is 0 Å². The van der Waals surface area contributed by atoms with E-state index >= 15 is 0 Å². The first-order valence-corrected chi connectivity index (χ1v) is 5.71. The van der Waals surface area contributed by atoms with Gasteiger partial charge in [-0.2, -0.15) is 0 Å². The van der Waals surface area contributed by atoms with E-state index in [2.05, 4.69) is 10.3 Å². The molecule has 0 spiro atoms. The number of carbonyl (C=O) groups excluding carboxylic acids is 1. The van der Waals surface area contributed by atoms with E-state index in [4.69, 9.17) is 9.84 Å². The lowest BCUT2D eigenvalue weighted by Crippen LogP contribution is -2.34. The van der Waals surface area contributed by atoms with Crippen molar-refractivity contribution in [1.29, 1.82) is 0 Å². The normalized spacial score (nSPS) is 21.1. The molecule has 0 bridgehead atoms. The Bertz CT molecular complexity index is 273. The number of ether oxygens (including phenoxy) is 1. The van der Waals surface area contributed by atoms with Crippen molar-refractivity contribution in [3.05, 3.63) is 0 Å². The highest BCUT2D eigenvalue weighted by Crippen LogP contribution is 2.16. The minimum atomic E-state index is -0.510. The van der Waals surface area contributed by atoms with Crippen LogP contribution in [-0.4, -0.2) is 40.4 Å². The van der Waals surface area contributed by atoms with Crippen molar-refractivity contribution in [3.63, 3.8) is 0 Å². The summed E-state index contributed by atoms with van der Waals surface area (Å²) < 4.78 is 5.06. The molecule has 1 aliphatic heterocycles. The van der Waals surface area contributed by atoms with Crippen LogP contribution in [0.5, 0.6) is 0 Å². The molecule has 0 aromatic carbocycles. The summed E-state index contributed by atoms with van der Waals surface area (Å²) in [5.74, 6) is 0.696. The highest BCUT2D eigenvalue weighted by Gasteiger charge is 2.22. The maximum atomic E-state index is 11.3. The Morgan fingerprint density at radius 1 is 1.73 bits per heavy atom. The number of alkyl carbamates (subject to hydrolysis) is 1. The smallest absolute Gasteiger partial charge is 0.413 e. The van der Waals surface area contributed by atoms with Crippen molar-refractivity contribution in [1.82, 2.24) is 5.32 Å². The van der Waals surface area contributed by atoms with Crippen molar-refractivity contribution in [2.75, 3.05) is 12.4 Å². The van der Waals surface area contributed by atoms with E-state index < -0.39 is 11.7 Å². The SMILES string of the molecule is CC(C)(C)OC(=O)NC1=NC(CO)CS1. The van der Waals surface area contributed by atoms with E-state index in [1.807, 2.05) is 0 Å². The van der Waals surface area contributed by atoms with Gasteiger partial charge in [0.25, 0.3) is 0 Å². The van der Waals surface area contributed by atoms with Crippen molar-refractivity contribution >= 4 is 23.0 Å². The van der Waals surface area contributed by atoms with Crippen LogP contribution in [0, 0.1) is 0 Å². The fourth-order valence-corrected chi connectivity index (χ4v) is 1.88. The van der Waals surface area contributed by atoms with Crippen LogP contribution in [-0.2, 0) is 4.74 Å². The van der Waals surface area contributed by atoms with Gasteiger partial charge in [0.1, 0.15) is 5.60 Å². The average Bonchev–Trinajstić information content (AvgIpc) is 2.48. The third-order valence-corrected chi connectivity index (χ3v) is 2.56. The highest BCUT2D eigenvalue weighted by atomic mass is 32.2. The Labute approximate surface area is 93.3 Å². The zero-order valence-corrected chi connectivity index (χ0v) is 9.93. The molecule has 0 saturated carbocycles. The number of hydrogen-bond donors (Lipinski definition) is 2. The van der Waals surface area contributed by atoms with Crippen LogP contribution >= 0.6 is 11.8 Å². The predicted octanol–water partition coefficient (Wildman–Crippen LogP) is 0.975. The summed E-state index contributed by atoms with van der Waals surface area (Å²) in [7, 11) is 0. The maximum Gasteiger partial charge on any atom is 0.413 e. The largest absolute Gasteiger partial charge is 0.444 e. The molecular formula is C9H16N2O3S. The van der Waals surface area contributed by atoms with Gasteiger partial charge in [-0.25, -0.2) is 4.79 Å². The number of aliphatic hydroxyl groups excluding tert-OH is 1. The van der Waals surface area contributed by atoms with Gasteiger partial charge in [-0.05, 0) is 20.8 Å². The van der Waals surface area contributed by atoms with Crippen LogP contribution in [0.2, 0.25) is 0 Å². The first-order valence-electron chi connectivity index (χ1n) is 4.72. The fraction of sp³-hybridized carbons (Fsp3) is 0.778. The second-order valence-electron chi connectivity index (χ2n) is 4.21. The third-order valence-electron chi connectivity index (χ3n) is 1.53. The molecule has 6 heteroatoms. The van der Waals surface area contributed by atoms with Gasteiger partial charge < -0.3 is 9.84 Å². The Kier molecular flexibility index (Phi) is 3.98. The summed E-state index contributed by atoms with van der Waals surface area (Å²) in [5.41, 5.74) is -0.510. The zero-order chi connectivity index (χ0) is 11.5. The van der Waals surface area contributed by atoms with Crippen molar-refractivity contribution in [2.24, 2.45) is 4.99 Å². The Hall–Kier alpha value is -0.750. The molecule has 15 heavy (non-hydrogen) atoms. The number of rotatable bonds is 1. The van der Waals surface area contributed by atoms with Gasteiger partial charge in [-0.1, -0.05) is 11.8 Å². The Balaban J connectivity index is 2.39. The number of nitrogens with zero attached hydrogens (tertiary/aromatic N) is 1. The summed E-state index contributed by atoms with van der Waals surface area (Å²) in [6.07, 6.45) is -0.507. The lowest BCUT2D eigenvalue weighted by molar-refractivity contribution is 0.0564. The minimum Gasteiger partial charge on any atom is -0.444 e. The lowest BCUT2D eigenvalue weighted by atomic mass is 10.2. The monoisotopic (exact) mass is 232 g/mol. The van der Waals surface area contributed by atoms with Crippen LogP contribution < -0.4 is 5.32 Å². The lowest BCUT2D eigenvalue weighted by Gasteiger charge is -2.19. The van der Waals surface area contributed by atoms with Crippen LogP contribution in [0.25, 0.3) is 0 Å². The number of nitrogens with one attached hydrogen (secondary N) is 1. The quantitative estimate of drug-likeness (QED) is 0.707. The van der Waals surface area contributed by atoms with Gasteiger partial charge in [-0.3, -0.25) is 10.3 Å². The molecule has 0 aromatic rings. The highest BCUT2D eigenvalue weighted by molar-refractivity contribution is 8.14. The number of carbonyl (C=O) groups is 1. The molecular weight excluding hydrogens is 216 g/mol. The molecule has 1 rings (SSSR count). The molecule has 0 fully saturated rings. The number of amidine groups is 1. The van der Waals surface area contributed by atoms with E-state index in [1.54, 1.807) is 20.8 Å². The number of aliphatic hydroxyl groups is 1. The molecule has 1 unspecified atom stereocenters. The van der Waals surface area contributed by atoms with Gasteiger partial charge in [0.15, 0.2) is 5.17 Å². The van der Waals surface area contributed by atoms with E-state index in [9.17, 15) is 4.79 Å². The van der Waals surface area contributed by atoms with Gasteiger partial charge in [0, 0.05) is 5.75 Å². The fourth-order valence-electron chi connectivity index (χ4n) is 0.968. The molecule has 0 aliphatic carbocycles. The van der Waals surface area contributed by atoms with Crippen LogP contribution in [0.3, 0.4) is 0 Å². The maximum absolute atomic E-state index is 11.3. The molecule has 0 aromatic heterocycles. The third kappa shape index (κ3) is 4.53. The summed E-state index contributed by atoms with van der Waals surface area (Å²) in [6.45, 7) is 5.40. The second-order valence-corrected chi connectivity index (χ2v) is 5.22. The van der Waals surface area contributed by atoms with Crippen molar-refractivity contribution in [3.8, 4) is 0 Å². The molecule has 0 saturated heterocycles. The predicted molar refractivity (Wildman–Crippen MR) is 60.1 cm³/mol. The zero-order valence-electron chi connectivity index (χ0n) is 9.11. The molecule has 1 heterocycles. The van der Waals surface area contributed by atoms with Crippen molar-refractivity contribution in [2.45, 2.75) is 32.4 Å². The molecule has 1 aliphatic rings. The van der Waals surface area contributed by atoms with Gasteiger partial charge >= 0.3 is 6.09 Å². The van der Waals surface area contributed by atoms with E-state index in [0.717, 1.165) is 0 Å². The summed E-state index contributed by atoms with van der Waals surface area (Å²) in [6, 6.07) is -0.111. The number of aliphatic imine (C=N–C) groups is 1. The Morgan fingerprint density at radius 3 is 2.87 bits per heavy atom. The summed E-state index contributed by atoms with van der Waals surface area (Å²) >= 11 is 1.41. The van der Waals surface area contributed by atoms with Crippen molar-refractivity contribution < 1.29 is 14.6 Å². The summed E-state index contributed by atoms with van der Waals surface area (Å²) in [5, 5.41) is 11.9. The molecule has 1 amide bonds. The topological polar surface area (TPSA) is 70.9 Å². The molecule has 2 N–H and O–H groups in total. The first kappa shape index (κ1) is 12.3. The minimum absolute atomic E-state index is 0.00645. The van der Waals surface area contributed by atoms with Crippen LogP contribution in [0.1, 0.15) is 20.8 Å².